The molecule has 34 heavy (non-hydrogen) atoms. The van der Waals surface area contributed by atoms with Crippen LogP contribution < -0.4 is 20.1 Å². The van der Waals surface area contributed by atoms with Gasteiger partial charge in [0, 0.05) is 17.4 Å². The van der Waals surface area contributed by atoms with Crippen molar-refractivity contribution in [3.63, 3.8) is 0 Å². The molecule has 1 aromatic heterocycles. The first-order chi connectivity index (χ1) is 16.7. The second kappa shape index (κ2) is 8.81. The zero-order valence-electron chi connectivity index (χ0n) is 18.0. The van der Waals surface area contributed by atoms with Gasteiger partial charge in [-0.15, -0.1) is 0 Å². The van der Waals surface area contributed by atoms with E-state index in [0.29, 0.717) is 24.0 Å². The normalized spacial score (nSPS) is 24.5. The van der Waals surface area contributed by atoms with Crippen molar-refractivity contribution in [2.24, 2.45) is 0 Å². The molecule has 4 heterocycles. The summed E-state index contributed by atoms with van der Waals surface area (Å²) in [5, 5.41) is 6.02. The van der Waals surface area contributed by atoms with Crippen molar-refractivity contribution in [3.05, 3.63) is 60.8 Å². The minimum Gasteiger partial charge on any atom is -0.454 e. The van der Waals surface area contributed by atoms with Crippen molar-refractivity contribution in [2.75, 3.05) is 30.6 Å². The number of hydrogen-bond donors (Lipinski definition) is 2. The van der Waals surface area contributed by atoms with Gasteiger partial charge in [0.15, 0.2) is 17.6 Å². The number of benzene rings is 2. The van der Waals surface area contributed by atoms with Crippen LogP contribution in [-0.2, 0) is 14.2 Å². The number of amides is 1. The topological polar surface area (TPSA) is 113 Å². The molecule has 2 N–H and O–H groups in total. The van der Waals surface area contributed by atoms with Crippen LogP contribution in [-0.4, -0.2) is 60.4 Å². The molecule has 2 aromatic carbocycles. The van der Waals surface area contributed by atoms with Crippen LogP contribution in [0.4, 0.5) is 16.4 Å². The summed E-state index contributed by atoms with van der Waals surface area (Å²) in [6, 6.07) is 16.5. The van der Waals surface area contributed by atoms with Crippen molar-refractivity contribution < 1.29 is 28.5 Å². The summed E-state index contributed by atoms with van der Waals surface area (Å²) < 4.78 is 28.2. The Hall–Kier alpha value is -3.89. The molecule has 3 aliphatic heterocycles. The summed E-state index contributed by atoms with van der Waals surface area (Å²) in [4.78, 5) is 21.3. The molecular formula is C24H22N4O6. The van der Waals surface area contributed by atoms with Crippen LogP contribution in [0.1, 0.15) is 0 Å². The first-order valence-electron chi connectivity index (χ1n) is 11.0. The Labute approximate surface area is 195 Å². The lowest BCUT2D eigenvalue weighted by Gasteiger charge is -2.18. The fourth-order valence-electron chi connectivity index (χ4n) is 4.31. The minimum absolute atomic E-state index is 0.178. The molecule has 10 heteroatoms. The Kier molecular flexibility index (Phi) is 5.36. The van der Waals surface area contributed by atoms with Crippen molar-refractivity contribution >= 4 is 17.7 Å². The Balaban J connectivity index is 1.09. The van der Waals surface area contributed by atoms with Gasteiger partial charge in [-0.3, -0.25) is 5.32 Å². The average molecular weight is 462 g/mol. The Bertz CT molecular complexity index is 1190. The van der Waals surface area contributed by atoms with Gasteiger partial charge in [0.05, 0.1) is 24.9 Å². The zero-order valence-corrected chi connectivity index (χ0v) is 18.0. The zero-order chi connectivity index (χ0) is 22.9. The van der Waals surface area contributed by atoms with Gasteiger partial charge in [-0.2, -0.15) is 0 Å². The number of carbonyl (C=O) groups is 1. The van der Waals surface area contributed by atoms with Gasteiger partial charge < -0.3 is 29.0 Å². The second-order valence-electron chi connectivity index (χ2n) is 8.12. The number of aromatic nitrogens is 2. The highest BCUT2D eigenvalue weighted by molar-refractivity contribution is 5.84. The number of ether oxygens (including phenoxy) is 5. The SMILES string of the molecule is O=C(Nc1ccccc1)OC1COC2C(Nc3nccc(-c4ccc5c(c4)OCO5)n3)COC12. The third kappa shape index (κ3) is 4.09. The van der Waals surface area contributed by atoms with Gasteiger partial charge in [-0.1, -0.05) is 18.2 Å². The van der Waals surface area contributed by atoms with Crippen LogP contribution in [0.15, 0.2) is 60.8 Å². The lowest BCUT2D eigenvalue weighted by Crippen LogP contribution is -2.38. The number of para-hydroxylation sites is 1. The molecule has 10 nitrogen and oxygen atoms in total. The predicted octanol–water partition coefficient (Wildman–Crippen LogP) is 3.07. The average Bonchev–Trinajstić information content (AvgIpc) is 3.58. The van der Waals surface area contributed by atoms with E-state index in [1.54, 1.807) is 18.3 Å². The maximum atomic E-state index is 12.3. The van der Waals surface area contributed by atoms with Gasteiger partial charge in [-0.25, -0.2) is 14.8 Å². The van der Waals surface area contributed by atoms with E-state index >= 15 is 0 Å². The standard InChI is InChI=1S/C24H22N4O6/c29-24(26-15-4-2-1-3-5-15)34-20-12-31-21-17(11-30-22(20)21)28-23-25-9-8-16(27-23)14-6-7-18-19(10-14)33-13-32-18/h1-10,17,20-22H,11-13H2,(H,26,29)(H,25,27,28). The largest absolute Gasteiger partial charge is 0.454 e. The molecule has 4 atom stereocenters. The molecule has 0 aliphatic carbocycles. The molecule has 0 spiro atoms. The van der Waals surface area contributed by atoms with Gasteiger partial charge in [-0.05, 0) is 36.4 Å². The fourth-order valence-corrected chi connectivity index (χ4v) is 4.31. The van der Waals surface area contributed by atoms with Crippen molar-refractivity contribution in [3.8, 4) is 22.8 Å². The lowest BCUT2D eigenvalue weighted by atomic mass is 10.1. The van der Waals surface area contributed by atoms with Gasteiger partial charge in [0.2, 0.25) is 12.7 Å². The molecule has 3 aliphatic rings. The van der Waals surface area contributed by atoms with E-state index in [-0.39, 0.29) is 31.6 Å². The summed E-state index contributed by atoms with van der Waals surface area (Å²) in [7, 11) is 0. The van der Waals surface area contributed by atoms with Gasteiger partial charge in [0.25, 0.3) is 0 Å². The quantitative estimate of drug-likeness (QED) is 0.591. The molecule has 2 fully saturated rings. The maximum Gasteiger partial charge on any atom is 0.412 e. The Morgan fingerprint density at radius 1 is 0.971 bits per heavy atom. The second-order valence-corrected chi connectivity index (χ2v) is 8.12. The first kappa shape index (κ1) is 20.7. The highest BCUT2D eigenvalue weighted by atomic mass is 16.7. The summed E-state index contributed by atoms with van der Waals surface area (Å²) >= 11 is 0. The molecule has 4 unspecified atom stereocenters. The first-order valence-corrected chi connectivity index (χ1v) is 11.0. The highest BCUT2D eigenvalue weighted by Crippen LogP contribution is 2.36. The maximum absolute atomic E-state index is 12.3. The number of nitrogens with zero attached hydrogens (tertiary/aromatic N) is 2. The smallest absolute Gasteiger partial charge is 0.412 e. The van der Waals surface area contributed by atoms with E-state index in [1.165, 1.54) is 0 Å². The summed E-state index contributed by atoms with van der Waals surface area (Å²) in [6.07, 6.45) is 0.00253. The summed E-state index contributed by atoms with van der Waals surface area (Å²) in [6.45, 7) is 0.860. The fraction of sp³-hybridized carbons (Fsp3) is 0.292. The molecule has 3 aromatic rings. The Morgan fingerprint density at radius 2 is 1.82 bits per heavy atom. The van der Waals surface area contributed by atoms with E-state index in [4.69, 9.17) is 23.7 Å². The molecule has 0 bridgehead atoms. The molecule has 1 amide bonds. The Morgan fingerprint density at radius 3 is 2.74 bits per heavy atom. The van der Waals surface area contributed by atoms with Gasteiger partial charge >= 0.3 is 6.09 Å². The number of nitrogens with one attached hydrogen (secondary N) is 2. The third-order valence-corrected chi connectivity index (χ3v) is 5.92. The number of fused-ring (bicyclic) bond motifs is 2. The minimum atomic E-state index is -0.541. The van der Waals surface area contributed by atoms with Gasteiger partial charge in [0.1, 0.15) is 12.2 Å². The van der Waals surface area contributed by atoms with Crippen LogP contribution in [0.5, 0.6) is 11.5 Å². The van der Waals surface area contributed by atoms with E-state index in [1.807, 2.05) is 42.5 Å². The van der Waals surface area contributed by atoms with Crippen LogP contribution in [0.2, 0.25) is 0 Å². The van der Waals surface area contributed by atoms with E-state index in [9.17, 15) is 4.79 Å². The van der Waals surface area contributed by atoms with Crippen LogP contribution in [0.3, 0.4) is 0 Å². The highest BCUT2D eigenvalue weighted by Gasteiger charge is 2.49. The number of hydrogen-bond acceptors (Lipinski definition) is 9. The molecule has 174 valence electrons. The van der Waals surface area contributed by atoms with Crippen LogP contribution in [0, 0.1) is 0 Å². The third-order valence-electron chi connectivity index (χ3n) is 5.92. The van der Waals surface area contributed by atoms with E-state index in [0.717, 1.165) is 17.0 Å². The molecule has 6 rings (SSSR count). The van der Waals surface area contributed by atoms with Crippen molar-refractivity contribution in [1.29, 1.82) is 0 Å². The van der Waals surface area contributed by atoms with E-state index in [2.05, 4.69) is 20.6 Å². The lowest BCUT2D eigenvalue weighted by molar-refractivity contribution is 0.00917. The molecular weight excluding hydrogens is 440 g/mol. The molecule has 2 saturated heterocycles. The molecule has 0 saturated carbocycles. The van der Waals surface area contributed by atoms with Crippen molar-refractivity contribution in [2.45, 2.75) is 24.4 Å². The number of anilines is 2. The summed E-state index contributed by atoms with van der Waals surface area (Å²) in [5.74, 6) is 1.87. The predicted molar refractivity (Wildman–Crippen MR) is 121 cm³/mol. The monoisotopic (exact) mass is 462 g/mol. The summed E-state index contributed by atoms with van der Waals surface area (Å²) in [5.41, 5.74) is 2.30. The number of carbonyl (C=O) groups excluding carboxylic acids is 1. The van der Waals surface area contributed by atoms with E-state index < -0.39 is 12.2 Å². The van der Waals surface area contributed by atoms with Crippen LogP contribution in [0.25, 0.3) is 11.3 Å². The molecule has 0 radical (unpaired) electrons. The number of rotatable bonds is 5. The van der Waals surface area contributed by atoms with Crippen LogP contribution >= 0.6 is 0 Å². The van der Waals surface area contributed by atoms with Crippen molar-refractivity contribution in [1.82, 2.24) is 9.97 Å².